The fraction of sp³-hybridized carbons (Fsp3) is 0.333. The minimum absolute atomic E-state index is 0.561. The lowest BCUT2D eigenvalue weighted by molar-refractivity contribution is 0.309. The lowest BCUT2D eigenvalue weighted by atomic mass is 10.4. The molecule has 0 aliphatic rings. The zero-order valence-corrected chi connectivity index (χ0v) is 11.0. The van der Waals surface area contributed by atoms with E-state index in [4.69, 9.17) is 10.6 Å². The van der Waals surface area contributed by atoms with E-state index in [0.717, 1.165) is 18.7 Å². The highest BCUT2D eigenvalue weighted by molar-refractivity contribution is 7.09. The maximum atomic E-state index is 5.62. The van der Waals surface area contributed by atoms with Gasteiger partial charge in [0.05, 0.1) is 6.61 Å². The Bertz CT molecular complexity index is 465. The third-order valence-corrected chi connectivity index (χ3v) is 3.33. The lowest BCUT2D eigenvalue weighted by Crippen LogP contribution is -2.11. The van der Waals surface area contributed by atoms with Crippen LogP contribution in [0.5, 0.6) is 5.88 Å². The number of aromatic nitrogens is 2. The van der Waals surface area contributed by atoms with Crippen LogP contribution in [0.4, 0.5) is 5.82 Å². The lowest BCUT2D eigenvalue weighted by Gasteiger charge is -2.08. The highest BCUT2D eigenvalue weighted by atomic mass is 32.1. The third-order valence-electron chi connectivity index (χ3n) is 2.39. The van der Waals surface area contributed by atoms with Crippen molar-refractivity contribution in [3.05, 3.63) is 34.3 Å². The number of anilines is 1. The molecule has 2 aromatic heterocycles. The van der Waals surface area contributed by atoms with Gasteiger partial charge in [0.1, 0.15) is 11.6 Å². The molecular weight excluding hydrogens is 248 g/mol. The number of nitrogens with two attached hydrogens (primary N) is 1. The maximum absolute atomic E-state index is 5.62. The molecule has 0 saturated carbocycles. The van der Waals surface area contributed by atoms with Crippen LogP contribution in [0.1, 0.15) is 17.6 Å². The second-order valence-electron chi connectivity index (χ2n) is 3.68. The largest absolute Gasteiger partial charge is 0.477 e. The second-order valence-corrected chi connectivity index (χ2v) is 4.72. The van der Waals surface area contributed by atoms with Crippen LogP contribution in [0.3, 0.4) is 0 Å². The number of hydrogen-bond acceptors (Lipinski definition) is 6. The van der Waals surface area contributed by atoms with Gasteiger partial charge in [-0.25, -0.2) is 10.8 Å². The molecular formula is C12H16N4OS. The number of nitrogens with one attached hydrogen (secondary N) is 1. The summed E-state index contributed by atoms with van der Waals surface area (Å²) in [5.74, 6) is 7.21. The van der Waals surface area contributed by atoms with Crippen LogP contribution in [0.2, 0.25) is 0 Å². The average Bonchev–Trinajstić information content (AvgIpc) is 2.91. The Morgan fingerprint density at radius 1 is 1.44 bits per heavy atom. The van der Waals surface area contributed by atoms with E-state index in [0.29, 0.717) is 18.3 Å². The fourth-order valence-corrected chi connectivity index (χ4v) is 2.18. The Kier molecular flexibility index (Phi) is 4.49. The predicted octanol–water partition coefficient (Wildman–Crippen LogP) is 2.01. The van der Waals surface area contributed by atoms with E-state index in [2.05, 4.69) is 26.8 Å². The number of hydrazine groups is 1. The Morgan fingerprint density at radius 2 is 2.33 bits per heavy atom. The summed E-state index contributed by atoms with van der Waals surface area (Å²) in [4.78, 5) is 9.80. The SMILES string of the molecule is CCc1nc(NN)cc(OCCc2cccs2)n1. The quantitative estimate of drug-likeness (QED) is 0.616. The van der Waals surface area contributed by atoms with Gasteiger partial charge in [-0.3, -0.25) is 0 Å². The number of thiophene rings is 1. The van der Waals surface area contributed by atoms with E-state index in [9.17, 15) is 0 Å². The van der Waals surface area contributed by atoms with Gasteiger partial charge < -0.3 is 10.2 Å². The van der Waals surface area contributed by atoms with E-state index in [1.54, 1.807) is 17.4 Å². The monoisotopic (exact) mass is 264 g/mol. The number of ether oxygens (including phenoxy) is 1. The van der Waals surface area contributed by atoms with E-state index < -0.39 is 0 Å². The van der Waals surface area contributed by atoms with Gasteiger partial charge >= 0.3 is 0 Å². The summed E-state index contributed by atoms with van der Waals surface area (Å²) < 4.78 is 5.62. The summed E-state index contributed by atoms with van der Waals surface area (Å²) in [5, 5.41) is 2.06. The van der Waals surface area contributed by atoms with Gasteiger partial charge in [-0.15, -0.1) is 11.3 Å². The molecule has 0 atom stereocenters. The third kappa shape index (κ3) is 3.41. The van der Waals surface area contributed by atoms with Gasteiger partial charge in [0.2, 0.25) is 5.88 Å². The number of nitrogens with zero attached hydrogens (tertiary/aromatic N) is 2. The number of aryl methyl sites for hydroxylation is 1. The van der Waals surface area contributed by atoms with Crippen molar-refractivity contribution in [2.45, 2.75) is 19.8 Å². The van der Waals surface area contributed by atoms with Crippen LogP contribution in [-0.4, -0.2) is 16.6 Å². The molecule has 3 N–H and O–H groups in total. The van der Waals surface area contributed by atoms with Crippen molar-refractivity contribution in [3.8, 4) is 5.88 Å². The van der Waals surface area contributed by atoms with Crippen molar-refractivity contribution in [1.82, 2.24) is 9.97 Å². The zero-order valence-electron chi connectivity index (χ0n) is 10.2. The Hall–Kier alpha value is -1.66. The second kappa shape index (κ2) is 6.32. The molecule has 0 aliphatic heterocycles. The Labute approximate surface area is 110 Å². The molecule has 96 valence electrons. The minimum Gasteiger partial charge on any atom is -0.477 e. The first-order chi connectivity index (χ1) is 8.81. The first-order valence-corrected chi connectivity index (χ1v) is 6.69. The van der Waals surface area contributed by atoms with E-state index in [1.807, 2.05) is 13.0 Å². The van der Waals surface area contributed by atoms with Gasteiger partial charge in [-0.2, -0.15) is 4.98 Å². The zero-order chi connectivity index (χ0) is 12.8. The van der Waals surface area contributed by atoms with Gasteiger partial charge in [-0.1, -0.05) is 13.0 Å². The Balaban J connectivity index is 1.95. The van der Waals surface area contributed by atoms with Crippen LogP contribution in [0, 0.1) is 0 Å². The number of nitrogen functional groups attached to an aromatic ring is 1. The van der Waals surface area contributed by atoms with E-state index in [-0.39, 0.29) is 0 Å². The summed E-state index contributed by atoms with van der Waals surface area (Å²) in [5.41, 5.74) is 2.52. The molecule has 0 bridgehead atoms. The molecule has 2 heterocycles. The minimum atomic E-state index is 0.561. The fourth-order valence-electron chi connectivity index (χ4n) is 1.49. The highest BCUT2D eigenvalue weighted by Crippen LogP contribution is 2.14. The average molecular weight is 264 g/mol. The molecule has 0 aliphatic carbocycles. The standard InChI is InChI=1S/C12H16N4OS/c1-2-10-14-11(16-13)8-12(15-10)17-6-5-9-4-3-7-18-9/h3-4,7-8H,2,5-6,13H2,1H3,(H,14,15,16). The van der Waals surface area contributed by atoms with Gasteiger partial charge in [-0.05, 0) is 11.4 Å². The van der Waals surface area contributed by atoms with Crippen LogP contribution in [0.25, 0.3) is 0 Å². The molecule has 18 heavy (non-hydrogen) atoms. The van der Waals surface area contributed by atoms with Crippen molar-refractivity contribution in [1.29, 1.82) is 0 Å². The molecule has 5 nitrogen and oxygen atoms in total. The molecule has 2 aromatic rings. The molecule has 0 amide bonds. The first-order valence-electron chi connectivity index (χ1n) is 5.81. The summed E-state index contributed by atoms with van der Waals surface area (Å²) in [6.45, 7) is 2.59. The molecule has 0 radical (unpaired) electrons. The van der Waals surface area contributed by atoms with Crippen LogP contribution < -0.4 is 16.0 Å². The van der Waals surface area contributed by atoms with Crippen LogP contribution in [-0.2, 0) is 12.8 Å². The molecule has 6 heteroatoms. The smallest absolute Gasteiger partial charge is 0.218 e. The molecule has 0 saturated heterocycles. The predicted molar refractivity (Wildman–Crippen MR) is 72.7 cm³/mol. The van der Waals surface area contributed by atoms with Crippen molar-refractivity contribution >= 4 is 17.2 Å². The van der Waals surface area contributed by atoms with E-state index in [1.165, 1.54) is 4.88 Å². The van der Waals surface area contributed by atoms with Crippen LogP contribution >= 0.6 is 11.3 Å². The topological polar surface area (TPSA) is 73.1 Å². The van der Waals surface area contributed by atoms with E-state index >= 15 is 0 Å². The summed E-state index contributed by atoms with van der Waals surface area (Å²) in [7, 11) is 0. The van der Waals surface area contributed by atoms with Gasteiger partial charge in [0, 0.05) is 23.8 Å². The summed E-state index contributed by atoms with van der Waals surface area (Å²) in [6.07, 6.45) is 1.63. The summed E-state index contributed by atoms with van der Waals surface area (Å²) >= 11 is 1.73. The molecule has 0 spiro atoms. The van der Waals surface area contributed by atoms with Crippen LogP contribution in [0.15, 0.2) is 23.6 Å². The normalized spacial score (nSPS) is 10.3. The molecule has 0 fully saturated rings. The van der Waals surface area contributed by atoms with Crippen molar-refractivity contribution in [2.24, 2.45) is 5.84 Å². The van der Waals surface area contributed by atoms with Crippen molar-refractivity contribution in [2.75, 3.05) is 12.0 Å². The van der Waals surface area contributed by atoms with Gasteiger partial charge in [0.15, 0.2) is 0 Å². The molecule has 0 unspecified atom stereocenters. The van der Waals surface area contributed by atoms with Crippen molar-refractivity contribution < 1.29 is 4.74 Å². The highest BCUT2D eigenvalue weighted by Gasteiger charge is 2.04. The molecule has 0 aromatic carbocycles. The van der Waals surface area contributed by atoms with Crippen molar-refractivity contribution in [3.63, 3.8) is 0 Å². The first kappa shape index (κ1) is 12.8. The summed E-state index contributed by atoms with van der Waals surface area (Å²) in [6, 6.07) is 5.84. The number of rotatable bonds is 6. The maximum Gasteiger partial charge on any atom is 0.218 e. The Morgan fingerprint density at radius 3 is 3.00 bits per heavy atom. The molecule has 2 rings (SSSR count). The van der Waals surface area contributed by atoms with Gasteiger partial charge in [0.25, 0.3) is 0 Å². The number of hydrogen-bond donors (Lipinski definition) is 2.